The Morgan fingerprint density at radius 2 is 2.10 bits per heavy atom. The van der Waals surface area contributed by atoms with Gasteiger partial charge in [0.15, 0.2) is 0 Å². The van der Waals surface area contributed by atoms with E-state index in [9.17, 15) is 17.6 Å². The summed E-state index contributed by atoms with van der Waals surface area (Å²) in [6.07, 6.45) is 1.69. The SMILES string of the molecule is NC(=O)[C@H]1CCC[C@@H]1NS(=O)(=O)c1c(F)cccc1Cl. The highest BCUT2D eigenvalue weighted by molar-refractivity contribution is 7.89. The first-order valence-corrected chi connectivity index (χ1v) is 7.94. The van der Waals surface area contributed by atoms with Gasteiger partial charge in [0.2, 0.25) is 15.9 Å². The Balaban J connectivity index is 2.30. The molecule has 1 aliphatic rings. The second kappa shape index (κ2) is 5.67. The van der Waals surface area contributed by atoms with E-state index in [1.54, 1.807) is 0 Å². The number of nitrogens with one attached hydrogen (secondary N) is 1. The summed E-state index contributed by atoms with van der Waals surface area (Å²) >= 11 is 5.75. The zero-order chi connectivity index (χ0) is 14.9. The van der Waals surface area contributed by atoms with Gasteiger partial charge in [0, 0.05) is 6.04 Å². The monoisotopic (exact) mass is 320 g/mol. The van der Waals surface area contributed by atoms with Crippen molar-refractivity contribution < 1.29 is 17.6 Å². The van der Waals surface area contributed by atoms with Gasteiger partial charge in [0.25, 0.3) is 0 Å². The van der Waals surface area contributed by atoms with E-state index in [1.165, 1.54) is 12.1 Å². The highest BCUT2D eigenvalue weighted by Crippen LogP contribution is 2.29. The first-order valence-electron chi connectivity index (χ1n) is 6.08. The molecule has 1 aromatic carbocycles. The fourth-order valence-corrected chi connectivity index (χ4v) is 4.35. The van der Waals surface area contributed by atoms with Crippen molar-refractivity contribution in [1.29, 1.82) is 0 Å². The molecule has 2 atom stereocenters. The van der Waals surface area contributed by atoms with E-state index in [0.29, 0.717) is 19.3 Å². The number of benzene rings is 1. The van der Waals surface area contributed by atoms with Gasteiger partial charge in [0.1, 0.15) is 10.7 Å². The van der Waals surface area contributed by atoms with Crippen LogP contribution in [0.3, 0.4) is 0 Å². The van der Waals surface area contributed by atoms with E-state index >= 15 is 0 Å². The predicted molar refractivity (Wildman–Crippen MR) is 72.1 cm³/mol. The maximum atomic E-state index is 13.7. The molecule has 2 rings (SSSR count). The Morgan fingerprint density at radius 1 is 1.40 bits per heavy atom. The van der Waals surface area contributed by atoms with E-state index in [2.05, 4.69) is 4.72 Å². The molecule has 20 heavy (non-hydrogen) atoms. The standard InChI is InChI=1S/C12H14ClFN2O3S/c13-8-4-2-5-9(14)11(8)20(18,19)16-10-6-1-3-7(10)12(15)17/h2,4-5,7,10,16H,1,3,6H2,(H2,15,17)/t7-,10-/m0/s1. The molecule has 5 nitrogen and oxygen atoms in total. The Kier molecular flexibility index (Phi) is 4.31. The summed E-state index contributed by atoms with van der Waals surface area (Å²) in [7, 11) is -4.14. The summed E-state index contributed by atoms with van der Waals surface area (Å²) in [4.78, 5) is 10.7. The highest BCUT2D eigenvalue weighted by Gasteiger charge is 2.36. The average molecular weight is 321 g/mol. The molecular weight excluding hydrogens is 307 g/mol. The van der Waals surface area contributed by atoms with Crippen LogP contribution in [0.5, 0.6) is 0 Å². The number of halogens is 2. The van der Waals surface area contributed by atoms with Gasteiger partial charge in [-0.05, 0) is 25.0 Å². The molecule has 0 spiro atoms. The van der Waals surface area contributed by atoms with E-state index in [4.69, 9.17) is 17.3 Å². The maximum Gasteiger partial charge on any atom is 0.245 e. The fraction of sp³-hybridized carbons (Fsp3) is 0.417. The summed E-state index contributed by atoms with van der Waals surface area (Å²) in [5, 5.41) is -0.203. The van der Waals surface area contributed by atoms with Gasteiger partial charge in [-0.25, -0.2) is 17.5 Å². The molecule has 0 unspecified atom stereocenters. The highest BCUT2D eigenvalue weighted by atomic mass is 35.5. The number of hydrogen-bond acceptors (Lipinski definition) is 3. The van der Waals surface area contributed by atoms with Crippen molar-refractivity contribution in [3.8, 4) is 0 Å². The van der Waals surface area contributed by atoms with Crippen molar-refractivity contribution in [3.05, 3.63) is 29.0 Å². The van der Waals surface area contributed by atoms with Crippen molar-refractivity contribution in [2.24, 2.45) is 11.7 Å². The van der Waals surface area contributed by atoms with Gasteiger partial charge in [0.05, 0.1) is 10.9 Å². The number of primary amides is 1. The van der Waals surface area contributed by atoms with Crippen LogP contribution in [-0.2, 0) is 14.8 Å². The molecule has 8 heteroatoms. The number of carbonyl (C=O) groups is 1. The summed E-state index contributed by atoms with van der Waals surface area (Å²) in [5.74, 6) is -2.07. The number of sulfonamides is 1. The summed E-state index contributed by atoms with van der Waals surface area (Å²) in [5.41, 5.74) is 5.23. The predicted octanol–water partition coefficient (Wildman–Crippen LogP) is 1.41. The summed E-state index contributed by atoms with van der Waals surface area (Å²) < 4.78 is 40.4. The molecule has 1 saturated carbocycles. The number of amides is 1. The van der Waals surface area contributed by atoms with Crippen molar-refractivity contribution in [2.75, 3.05) is 0 Å². The van der Waals surface area contributed by atoms with Gasteiger partial charge in [-0.15, -0.1) is 0 Å². The van der Waals surface area contributed by atoms with Crippen LogP contribution in [0.4, 0.5) is 4.39 Å². The quantitative estimate of drug-likeness (QED) is 0.879. The summed E-state index contributed by atoms with van der Waals surface area (Å²) in [6.45, 7) is 0. The molecule has 1 fully saturated rings. The molecule has 0 radical (unpaired) electrons. The number of nitrogens with two attached hydrogens (primary N) is 1. The molecule has 110 valence electrons. The minimum Gasteiger partial charge on any atom is -0.369 e. The van der Waals surface area contributed by atoms with Crippen LogP contribution in [0.15, 0.2) is 23.1 Å². The van der Waals surface area contributed by atoms with Crippen molar-refractivity contribution >= 4 is 27.5 Å². The van der Waals surface area contributed by atoms with Crippen LogP contribution >= 0.6 is 11.6 Å². The number of rotatable bonds is 4. The van der Waals surface area contributed by atoms with E-state index in [1.807, 2.05) is 0 Å². The van der Waals surface area contributed by atoms with Gasteiger partial charge in [-0.1, -0.05) is 24.1 Å². The zero-order valence-electron chi connectivity index (χ0n) is 10.5. The molecule has 0 aliphatic heterocycles. The van der Waals surface area contributed by atoms with Crippen molar-refractivity contribution in [3.63, 3.8) is 0 Å². The van der Waals surface area contributed by atoms with E-state index in [0.717, 1.165) is 6.07 Å². The van der Waals surface area contributed by atoms with Gasteiger partial charge in [-0.3, -0.25) is 4.79 Å². The Bertz CT molecular complexity index is 615. The average Bonchev–Trinajstić information content (AvgIpc) is 2.75. The topological polar surface area (TPSA) is 89.3 Å². The molecule has 1 aromatic rings. The molecule has 1 aliphatic carbocycles. The minimum absolute atomic E-state index is 0.203. The Hall–Kier alpha value is -1.18. The Morgan fingerprint density at radius 3 is 2.70 bits per heavy atom. The molecule has 0 bridgehead atoms. The first-order chi connectivity index (χ1) is 9.33. The van der Waals surface area contributed by atoms with Crippen LogP contribution in [0, 0.1) is 11.7 Å². The summed E-state index contributed by atoms with van der Waals surface area (Å²) in [6, 6.07) is 3.01. The number of hydrogen-bond donors (Lipinski definition) is 2. The fourth-order valence-electron chi connectivity index (χ4n) is 2.44. The van der Waals surface area contributed by atoms with Gasteiger partial charge in [-0.2, -0.15) is 0 Å². The molecule has 1 amide bonds. The van der Waals surface area contributed by atoms with Crippen molar-refractivity contribution in [1.82, 2.24) is 4.72 Å². The maximum absolute atomic E-state index is 13.7. The van der Waals surface area contributed by atoms with Crippen LogP contribution in [0.25, 0.3) is 0 Å². The lowest BCUT2D eigenvalue weighted by Gasteiger charge is -2.19. The molecule has 0 heterocycles. The smallest absolute Gasteiger partial charge is 0.245 e. The molecule has 0 aromatic heterocycles. The molecule has 3 N–H and O–H groups in total. The van der Waals surface area contributed by atoms with Gasteiger partial charge >= 0.3 is 0 Å². The zero-order valence-corrected chi connectivity index (χ0v) is 12.0. The third kappa shape index (κ3) is 2.94. The normalized spacial score (nSPS) is 22.9. The Labute approximate surface area is 121 Å². The third-order valence-electron chi connectivity index (χ3n) is 3.38. The van der Waals surface area contributed by atoms with Crippen LogP contribution in [-0.4, -0.2) is 20.4 Å². The van der Waals surface area contributed by atoms with Crippen LogP contribution in [0.2, 0.25) is 5.02 Å². The molecular formula is C12H14ClFN2O3S. The second-order valence-electron chi connectivity index (χ2n) is 4.72. The van der Waals surface area contributed by atoms with Crippen molar-refractivity contribution in [2.45, 2.75) is 30.2 Å². The second-order valence-corrected chi connectivity index (χ2v) is 6.78. The largest absolute Gasteiger partial charge is 0.369 e. The first kappa shape index (κ1) is 15.2. The van der Waals surface area contributed by atoms with E-state index in [-0.39, 0.29) is 5.02 Å². The van der Waals surface area contributed by atoms with Gasteiger partial charge < -0.3 is 5.73 Å². The van der Waals surface area contributed by atoms with Crippen LogP contribution < -0.4 is 10.5 Å². The molecule has 0 saturated heterocycles. The lowest BCUT2D eigenvalue weighted by Crippen LogP contribution is -2.42. The lowest BCUT2D eigenvalue weighted by molar-refractivity contribution is -0.122. The minimum atomic E-state index is -4.14. The van der Waals surface area contributed by atoms with Crippen LogP contribution in [0.1, 0.15) is 19.3 Å². The van der Waals surface area contributed by atoms with E-state index < -0.39 is 38.6 Å². The number of carbonyl (C=O) groups excluding carboxylic acids is 1. The third-order valence-corrected chi connectivity index (χ3v) is 5.37. The lowest BCUT2D eigenvalue weighted by atomic mass is 10.0.